The molecule has 20 heavy (non-hydrogen) atoms. The van der Waals surface area contributed by atoms with E-state index in [4.69, 9.17) is 11.6 Å². The van der Waals surface area contributed by atoms with E-state index >= 15 is 0 Å². The smallest absolute Gasteiger partial charge is 0.312 e. The van der Waals surface area contributed by atoms with Gasteiger partial charge >= 0.3 is 6.18 Å². The zero-order valence-electron chi connectivity index (χ0n) is 11.0. The molecule has 0 aromatic heterocycles. The molecule has 7 heteroatoms. The van der Waals surface area contributed by atoms with Gasteiger partial charge in [0.05, 0.1) is 10.6 Å². The Hall–Kier alpha value is -0.490. The highest BCUT2D eigenvalue weighted by molar-refractivity contribution is 6.31. The van der Waals surface area contributed by atoms with Crippen LogP contribution in [0.3, 0.4) is 0 Å². The molecule has 1 heterocycles. The van der Waals surface area contributed by atoms with Gasteiger partial charge in [-0.25, -0.2) is 0 Å². The van der Waals surface area contributed by atoms with E-state index in [-0.39, 0.29) is 17.4 Å². The summed E-state index contributed by atoms with van der Waals surface area (Å²) in [5.74, 6) is 0. The molecule has 0 bridgehead atoms. The number of halogens is 5. The summed E-state index contributed by atoms with van der Waals surface area (Å²) in [6, 6.07) is 4.49. The van der Waals surface area contributed by atoms with E-state index in [0.29, 0.717) is 18.2 Å². The van der Waals surface area contributed by atoms with Crippen molar-refractivity contribution in [1.29, 1.82) is 0 Å². The summed E-state index contributed by atoms with van der Waals surface area (Å²) >= 11 is 5.60. The molecule has 0 amide bonds. The minimum absolute atomic E-state index is 0. The maximum absolute atomic E-state index is 12.8. The van der Waals surface area contributed by atoms with E-state index in [1.54, 1.807) is 6.07 Å². The van der Waals surface area contributed by atoms with Gasteiger partial charge in [-0.1, -0.05) is 17.7 Å². The van der Waals surface area contributed by atoms with Crippen molar-refractivity contribution >= 4 is 24.0 Å². The van der Waals surface area contributed by atoms with Gasteiger partial charge in [-0.2, -0.15) is 13.2 Å². The SMILES string of the molecule is C[C@H]1CN(Cc2ccc(Cl)c(C(F)(F)F)c2)CCN1.Cl. The van der Waals surface area contributed by atoms with Crippen molar-refractivity contribution in [2.45, 2.75) is 25.7 Å². The maximum Gasteiger partial charge on any atom is 0.417 e. The van der Waals surface area contributed by atoms with Crippen molar-refractivity contribution in [1.82, 2.24) is 10.2 Å². The van der Waals surface area contributed by atoms with Gasteiger partial charge in [0.25, 0.3) is 0 Å². The lowest BCUT2D eigenvalue weighted by Crippen LogP contribution is -2.48. The lowest BCUT2D eigenvalue weighted by atomic mass is 10.1. The molecule has 1 aromatic carbocycles. The molecule has 0 saturated carbocycles. The number of rotatable bonds is 2. The van der Waals surface area contributed by atoms with Gasteiger partial charge in [0, 0.05) is 32.2 Å². The lowest BCUT2D eigenvalue weighted by molar-refractivity contribution is -0.137. The number of benzene rings is 1. The highest BCUT2D eigenvalue weighted by Gasteiger charge is 2.33. The zero-order valence-corrected chi connectivity index (χ0v) is 12.6. The Kier molecular flexibility index (Phi) is 6.13. The first-order valence-corrected chi connectivity index (χ1v) is 6.55. The van der Waals surface area contributed by atoms with Crippen molar-refractivity contribution in [2.75, 3.05) is 19.6 Å². The molecular formula is C13H17Cl2F3N2. The molecule has 1 saturated heterocycles. The molecule has 0 unspecified atom stereocenters. The second-order valence-corrected chi connectivity index (χ2v) is 5.31. The van der Waals surface area contributed by atoms with Gasteiger partial charge in [0.1, 0.15) is 0 Å². The molecule has 1 aliphatic rings. The van der Waals surface area contributed by atoms with E-state index in [0.717, 1.165) is 25.7 Å². The van der Waals surface area contributed by atoms with Crippen molar-refractivity contribution in [3.63, 3.8) is 0 Å². The maximum atomic E-state index is 12.8. The van der Waals surface area contributed by atoms with Gasteiger partial charge in [-0.05, 0) is 24.6 Å². The van der Waals surface area contributed by atoms with Crippen LogP contribution in [-0.4, -0.2) is 30.6 Å². The normalized spacial score (nSPS) is 20.6. The van der Waals surface area contributed by atoms with Gasteiger partial charge in [0.15, 0.2) is 0 Å². The third kappa shape index (κ3) is 4.52. The van der Waals surface area contributed by atoms with Crippen molar-refractivity contribution in [3.8, 4) is 0 Å². The Bertz CT molecular complexity index is 452. The fourth-order valence-corrected chi connectivity index (χ4v) is 2.53. The van der Waals surface area contributed by atoms with Crippen LogP contribution in [0.2, 0.25) is 5.02 Å². The quantitative estimate of drug-likeness (QED) is 0.892. The molecule has 1 aliphatic heterocycles. The van der Waals surface area contributed by atoms with Gasteiger partial charge in [-0.3, -0.25) is 4.90 Å². The summed E-state index contributed by atoms with van der Waals surface area (Å²) in [7, 11) is 0. The third-order valence-electron chi connectivity index (χ3n) is 3.20. The molecule has 1 aromatic rings. The van der Waals surface area contributed by atoms with Gasteiger partial charge in [0.2, 0.25) is 0 Å². The summed E-state index contributed by atoms with van der Waals surface area (Å²) in [6.45, 7) is 5.13. The summed E-state index contributed by atoms with van der Waals surface area (Å²) in [4.78, 5) is 2.14. The van der Waals surface area contributed by atoms with Crippen LogP contribution in [0.15, 0.2) is 18.2 Å². The topological polar surface area (TPSA) is 15.3 Å². The van der Waals surface area contributed by atoms with E-state index in [2.05, 4.69) is 17.1 Å². The van der Waals surface area contributed by atoms with Crippen LogP contribution < -0.4 is 5.32 Å². The van der Waals surface area contributed by atoms with E-state index < -0.39 is 11.7 Å². The number of nitrogens with zero attached hydrogens (tertiary/aromatic N) is 1. The van der Waals surface area contributed by atoms with Crippen molar-refractivity contribution in [2.24, 2.45) is 0 Å². The highest BCUT2D eigenvalue weighted by atomic mass is 35.5. The summed E-state index contributed by atoms with van der Waals surface area (Å²) in [6.07, 6.45) is -4.40. The van der Waals surface area contributed by atoms with Crippen LogP contribution in [0, 0.1) is 0 Å². The lowest BCUT2D eigenvalue weighted by Gasteiger charge is -2.32. The highest BCUT2D eigenvalue weighted by Crippen LogP contribution is 2.35. The first-order valence-electron chi connectivity index (χ1n) is 6.17. The average Bonchev–Trinajstić information content (AvgIpc) is 2.30. The Balaban J connectivity index is 0.00000200. The molecule has 1 N–H and O–H groups in total. The molecule has 2 nitrogen and oxygen atoms in total. The minimum atomic E-state index is -4.40. The number of hydrogen-bond acceptors (Lipinski definition) is 2. The molecular weight excluding hydrogens is 312 g/mol. The number of nitrogens with one attached hydrogen (secondary N) is 1. The van der Waals surface area contributed by atoms with Gasteiger partial charge in [-0.15, -0.1) is 12.4 Å². The number of piperazine rings is 1. The first kappa shape index (κ1) is 17.6. The second kappa shape index (κ2) is 6.98. The Labute approximate surface area is 127 Å². The minimum Gasteiger partial charge on any atom is -0.312 e. The monoisotopic (exact) mass is 328 g/mol. The molecule has 0 aliphatic carbocycles. The van der Waals surface area contributed by atoms with Crippen LogP contribution in [0.4, 0.5) is 13.2 Å². The average molecular weight is 329 g/mol. The predicted molar refractivity (Wildman–Crippen MR) is 76.4 cm³/mol. The molecule has 1 fully saturated rings. The number of alkyl halides is 3. The molecule has 0 radical (unpaired) electrons. The fourth-order valence-electron chi connectivity index (χ4n) is 2.30. The molecule has 2 rings (SSSR count). The molecule has 114 valence electrons. The zero-order chi connectivity index (χ0) is 14.0. The largest absolute Gasteiger partial charge is 0.417 e. The van der Waals surface area contributed by atoms with Crippen molar-refractivity contribution in [3.05, 3.63) is 34.3 Å². The first-order chi connectivity index (χ1) is 8.86. The van der Waals surface area contributed by atoms with E-state index in [1.165, 1.54) is 6.07 Å². The fraction of sp³-hybridized carbons (Fsp3) is 0.538. The van der Waals surface area contributed by atoms with Crippen LogP contribution in [-0.2, 0) is 12.7 Å². The standard InChI is InChI=1S/C13H16ClF3N2.ClH/c1-9-7-19(5-4-18-9)8-10-2-3-12(14)11(6-10)13(15,16)17;/h2-3,6,9,18H,4-5,7-8H2,1H3;1H/t9-;/m0./s1. The third-order valence-corrected chi connectivity index (χ3v) is 3.52. The van der Waals surface area contributed by atoms with Crippen molar-refractivity contribution < 1.29 is 13.2 Å². The summed E-state index contributed by atoms with van der Waals surface area (Å²) in [5, 5.41) is 3.05. The summed E-state index contributed by atoms with van der Waals surface area (Å²) in [5.41, 5.74) is -0.110. The van der Waals surface area contributed by atoms with Crippen LogP contribution >= 0.6 is 24.0 Å². The van der Waals surface area contributed by atoms with E-state index in [1.807, 2.05) is 0 Å². The summed E-state index contributed by atoms with van der Waals surface area (Å²) < 4.78 is 38.3. The van der Waals surface area contributed by atoms with E-state index in [9.17, 15) is 13.2 Å². The predicted octanol–water partition coefficient (Wildman–Crippen LogP) is 3.57. The van der Waals surface area contributed by atoms with Crippen LogP contribution in [0.1, 0.15) is 18.1 Å². The Morgan fingerprint density at radius 3 is 2.70 bits per heavy atom. The van der Waals surface area contributed by atoms with Gasteiger partial charge < -0.3 is 5.32 Å². The number of hydrogen-bond donors (Lipinski definition) is 1. The molecule has 1 atom stereocenters. The van der Waals surface area contributed by atoms with Crippen LogP contribution in [0.5, 0.6) is 0 Å². The Morgan fingerprint density at radius 2 is 2.10 bits per heavy atom. The molecule has 0 spiro atoms. The Morgan fingerprint density at radius 1 is 1.40 bits per heavy atom. The van der Waals surface area contributed by atoms with Crippen LogP contribution in [0.25, 0.3) is 0 Å². The second-order valence-electron chi connectivity index (χ2n) is 4.90.